The van der Waals surface area contributed by atoms with Crippen LogP contribution in [0.1, 0.15) is 32.6 Å². The van der Waals surface area contributed by atoms with Gasteiger partial charge in [0.25, 0.3) is 5.56 Å². The Labute approximate surface area is 120 Å². The van der Waals surface area contributed by atoms with Gasteiger partial charge in [-0.1, -0.05) is 6.92 Å². The maximum atomic E-state index is 12.1. The molecule has 1 saturated heterocycles. The highest BCUT2D eigenvalue weighted by Crippen LogP contribution is 2.19. The fourth-order valence-corrected chi connectivity index (χ4v) is 2.72. The van der Waals surface area contributed by atoms with E-state index >= 15 is 0 Å². The van der Waals surface area contributed by atoms with Crippen molar-refractivity contribution in [3.8, 4) is 0 Å². The largest absolute Gasteiger partial charge is 0.370 e. The van der Waals surface area contributed by atoms with Crippen LogP contribution in [0.15, 0.2) is 17.1 Å². The van der Waals surface area contributed by atoms with Gasteiger partial charge in [-0.25, -0.2) is 4.68 Å². The molecule has 2 aliphatic rings. The van der Waals surface area contributed by atoms with Gasteiger partial charge in [0.1, 0.15) is 0 Å². The zero-order chi connectivity index (χ0) is 13.9. The first-order valence-electron chi connectivity index (χ1n) is 7.78. The van der Waals surface area contributed by atoms with Gasteiger partial charge in [-0.3, -0.25) is 4.79 Å². The highest BCUT2D eigenvalue weighted by molar-refractivity contribution is 5.43. The van der Waals surface area contributed by atoms with Gasteiger partial charge in [-0.15, -0.1) is 0 Å². The van der Waals surface area contributed by atoms with E-state index in [1.54, 1.807) is 10.7 Å². The lowest BCUT2D eigenvalue weighted by Gasteiger charge is -2.18. The number of aromatic nitrogens is 2. The molecule has 1 aliphatic carbocycles. The number of rotatable bonds is 6. The third kappa shape index (κ3) is 3.39. The van der Waals surface area contributed by atoms with E-state index in [1.165, 1.54) is 25.7 Å². The van der Waals surface area contributed by atoms with Crippen molar-refractivity contribution in [1.82, 2.24) is 15.1 Å². The Morgan fingerprint density at radius 1 is 1.40 bits per heavy atom. The molecule has 110 valence electrons. The number of nitrogens with zero attached hydrogens (tertiary/aromatic N) is 3. The molecule has 3 rings (SSSR count). The van der Waals surface area contributed by atoms with E-state index < -0.39 is 0 Å². The van der Waals surface area contributed by atoms with E-state index in [-0.39, 0.29) is 5.56 Å². The third-order valence-corrected chi connectivity index (χ3v) is 4.14. The summed E-state index contributed by atoms with van der Waals surface area (Å²) in [6.45, 7) is 5.92. The van der Waals surface area contributed by atoms with Crippen LogP contribution in [0.4, 0.5) is 5.69 Å². The van der Waals surface area contributed by atoms with Crippen LogP contribution in [0.5, 0.6) is 0 Å². The summed E-state index contributed by atoms with van der Waals surface area (Å²) < 4.78 is 1.60. The summed E-state index contributed by atoms with van der Waals surface area (Å²) >= 11 is 0. The molecule has 5 nitrogen and oxygen atoms in total. The van der Waals surface area contributed by atoms with Gasteiger partial charge in [0.2, 0.25) is 0 Å². The number of nitrogens with one attached hydrogen (secondary N) is 1. The topological polar surface area (TPSA) is 50.2 Å². The fraction of sp³-hybridized carbons (Fsp3) is 0.733. The van der Waals surface area contributed by atoms with Crippen LogP contribution in [0, 0.1) is 5.92 Å². The van der Waals surface area contributed by atoms with Crippen molar-refractivity contribution in [3.63, 3.8) is 0 Å². The van der Waals surface area contributed by atoms with Gasteiger partial charge < -0.3 is 10.2 Å². The normalized spacial score (nSPS) is 20.4. The second-order valence-corrected chi connectivity index (χ2v) is 6.22. The Bertz CT molecular complexity index is 503. The second-order valence-electron chi connectivity index (χ2n) is 6.22. The molecule has 5 heteroatoms. The summed E-state index contributed by atoms with van der Waals surface area (Å²) in [6.07, 6.45) is 6.87. The molecular weight excluding hydrogens is 252 g/mol. The highest BCUT2D eigenvalue weighted by atomic mass is 16.1. The van der Waals surface area contributed by atoms with Crippen molar-refractivity contribution in [2.45, 2.75) is 45.2 Å². The Balaban J connectivity index is 1.59. The van der Waals surface area contributed by atoms with Gasteiger partial charge >= 0.3 is 0 Å². The molecule has 1 unspecified atom stereocenters. The van der Waals surface area contributed by atoms with E-state index in [1.807, 2.05) is 6.20 Å². The lowest BCUT2D eigenvalue weighted by atomic mass is 10.2. The molecule has 0 radical (unpaired) electrons. The molecule has 2 heterocycles. The van der Waals surface area contributed by atoms with Gasteiger partial charge in [-0.2, -0.15) is 5.10 Å². The fourth-order valence-electron chi connectivity index (χ4n) is 2.72. The van der Waals surface area contributed by atoms with Crippen molar-refractivity contribution in [2.75, 3.05) is 24.5 Å². The Kier molecular flexibility index (Phi) is 4.05. The molecule has 20 heavy (non-hydrogen) atoms. The summed E-state index contributed by atoms with van der Waals surface area (Å²) in [5, 5.41) is 7.84. The average Bonchev–Trinajstić information content (AvgIpc) is 3.11. The third-order valence-electron chi connectivity index (χ3n) is 4.14. The number of hydrogen-bond acceptors (Lipinski definition) is 4. The van der Waals surface area contributed by atoms with Gasteiger partial charge in [-0.05, 0) is 38.1 Å². The van der Waals surface area contributed by atoms with E-state index in [9.17, 15) is 4.79 Å². The SMILES string of the molecule is CC(CNC1CC1)Cn1ncc(N2CCCC2)cc1=O. The average molecular weight is 276 g/mol. The minimum Gasteiger partial charge on any atom is -0.370 e. The van der Waals surface area contributed by atoms with Gasteiger partial charge in [0, 0.05) is 31.7 Å². The van der Waals surface area contributed by atoms with E-state index in [4.69, 9.17) is 0 Å². The molecule has 1 saturated carbocycles. The van der Waals surface area contributed by atoms with Crippen molar-refractivity contribution in [2.24, 2.45) is 5.92 Å². The lowest BCUT2D eigenvalue weighted by molar-refractivity contribution is 0.409. The highest BCUT2D eigenvalue weighted by Gasteiger charge is 2.21. The second kappa shape index (κ2) is 5.95. The van der Waals surface area contributed by atoms with Crippen LogP contribution in [0.2, 0.25) is 0 Å². The van der Waals surface area contributed by atoms with E-state index in [2.05, 4.69) is 22.2 Å². The molecule has 1 aromatic heterocycles. The van der Waals surface area contributed by atoms with Crippen molar-refractivity contribution in [1.29, 1.82) is 0 Å². The molecule has 0 aromatic carbocycles. The summed E-state index contributed by atoms with van der Waals surface area (Å²) in [6, 6.07) is 2.46. The van der Waals surface area contributed by atoms with Crippen LogP contribution >= 0.6 is 0 Å². The zero-order valence-corrected chi connectivity index (χ0v) is 12.2. The standard InChI is InChI=1S/C15H24N4O/c1-12(9-16-13-4-5-13)11-19-15(20)8-14(10-17-19)18-6-2-3-7-18/h8,10,12-13,16H,2-7,9,11H2,1H3. The van der Waals surface area contributed by atoms with Crippen molar-refractivity contribution >= 4 is 5.69 Å². The molecule has 2 fully saturated rings. The van der Waals surface area contributed by atoms with Crippen molar-refractivity contribution in [3.05, 3.63) is 22.6 Å². The Morgan fingerprint density at radius 2 is 2.15 bits per heavy atom. The van der Waals surface area contributed by atoms with Crippen LogP contribution in [0.3, 0.4) is 0 Å². The minimum absolute atomic E-state index is 0.0210. The summed E-state index contributed by atoms with van der Waals surface area (Å²) in [4.78, 5) is 14.4. The molecule has 1 aliphatic heterocycles. The van der Waals surface area contributed by atoms with E-state index in [0.29, 0.717) is 12.5 Å². The number of hydrogen-bond donors (Lipinski definition) is 1. The molecule has 0 spiro atoms. The zero-order valence-electron chi connectivity index (χ0n) is 12.2. The molecule has 0 amide bonds. The quantitative estimate of drug-likeness (QED) is 0.849. The summed E-state index contributed by atoms with van der Waals surface area (Å²) in [5.41, 5.74) is 1.00. The van der Waals surface area contributed by atoms with Gasteiger partial charge in [0.15, 0.2) is 0 Å². The molecule has 1 aromatic rings. The van der Waals surface area contributed by atoms with Gasteiger partial charge in [0.05, 0.1) is 11.9 Å². The summed E-state index contributed by atoms with van der Waals surface area (Å²) in [7, 11) is 0. The smallest absolute Gasteiger partial charge is 0.268 e. The Hall–Kier alpha value is -1.36. The first kappa shape index (κ1) is 13.6. The van der Waals surface area contributed by atoms with Crippen LogP contribution < -0.4 is 15.8 Å². The Morgan fingerprint density at radius 3 is 2.80 bits per heavy atom. The van der Waals surface area contributed by atoms with Crippen LogP contribution in [-0.4, -0.2) is 35.5 Å². The van der Waals surface area contributed by atoms with Crippen molar-refractivity contribution < 1.29 is 0 Å². The monoisotopic (exact) mass is 276 g/mol. The molecule has 1 N–H and O–H groups in total. The maximum Gasteiger partial charge on any atom is 0.268 e. The van der Waals surface area contributed by atoms with E-state index in [0.717, 1.165) is 31.4 Å². The minimum atomic E-state index is 0.0210. The molecular formula is C15H24N4O. The first-order chi connectivity index (χ1) is 9.72. The maximum absolute atomic E-state index is 12.1. The number of anilines is 1. The predicted octanol–water partition coefficient (Wildman–Crippen LogP) is 1.23. The van der Waals surface area contributed by atoms with Crippen LogP contribution in [-0.2, 0) is 6.54 Å². The van der Waals surface area contributed by atoms with Crippen LogP contribution in [0.25, 0.3) is 0 Å². The lowest BCUT2D eigenvalue weighted by Crippen LogP contribution is -2.31. The first-order valence-corrected chi connectivity index (χ1v) is 7.78. The predicted molar refractivity (Wildman–Crippen MR) is 80.1 cm³/mol. The molecule has 1 atom stereocenters. The summed E-state index contributed by atoms with van der Waals surface area (Å²) in [5.74, 6) is 0.429. The molecule has 0 bridgehead atoms.